The predicted octanol–water partition coefficient (Wildman–Crippen LogP) is 4.17. The van der Waals surface area contributed by atoms with E-state index < -0.39 is 10.8 Å². The molecule has 1 aromatic carbocycles. The molecule has 8 heteroatoms. The van der Waals surface area contributed by atoms with Gasteiger partial charge in [0.15, 0.2) is 0 Å². The van der Waals surface area contributed by atoms with Crippen LogP contribution in [0.4, 0.5) is 10.7 Å². The van der Waals surface area contributed by atoms with Gasteiger partial charge in [-0.25, -0.2) is 0 Å². The molecule has 0 radical (unpaired) electrons. The van der Waals surface area contributed by atoms with Crippen molar-refractivity contribution in [2.45, 2.75) is 0 Å². The van der Waals surface area contributed by atoms with E-state index in [1.54, 1.807) is 18.2 Å². The van der Waals surface area contributed by atoms with Gasteiger partial charge in [-0.1, -0.05) is 22.9 Å². The normalized spacial score (nSPS) is 10.2. The van der Waals surface area contributed by atoms with Crippen LogP contribution in [0.1, 0.15) is 9.67 Å². The lowest BCUT2D eigenvalue weighted by Crippen LogP contribution is -2.10. The molecular weight excluding hydrogens is 403 g/mol. The lowest BCUT2D eigenvalue weighted by atomic mass is 10.3. The van der Waals surface area contributed by atoms with Gasteiger partial charge in [0.2, 0.25) is 0 Å². The highest BCUT2D eigenvalue weighted by molar-refractivity contribution is 14.1. The molecule has 0 saturated carbocycles. The van der Waals surface area contributed by atoms with Crippen LogP contribution >= 0.6 is 45.5 Å². The van der Waals surface area contributed by atoms with Gasteiger partial charge in [0.1, 0.15) is 0 Å². The Labute approximate surface area is 130 Å². The first-order valence-corrected chi connectivity index (χ1v) is 7.25. The lowest BCUT2D eigenvalue weighted by Gasteiger charge is -2.05. The maximum absolute atomic E-state index is 11.9. The van der Waals surface area contributed by atoms with Crippen LogP contribution in [0.15, 0.2) is 30.3 Å². The van der Waals surface area contributed by atoms with Gasteiger partial charge in [-0.15, -0.1) is 0 Å². The minimum Gasteiger partial charge on any atom is -0.320 e. The molecule has 0 aliphatic rings. The van der Waals surface area contributed by atoms with Crippen molar-refractivity contribution in [2.24, 2.45) is 0 Å². The molecule has 0 saturated heterocycles. The van der Waals surface area contributed by atoms with E-state index in [9.17, 15) is 14.9 Å². The number of thiophene rings is 1. The third kappa shape index (κ3) is 3.43. The molecular formula is C11H6ClIN2O3S. The molecule has 2 rings (SSSR count). The average molecular weight is 409 g/mol. The summed E-state index contributed by atoms with van der Waals surface area (Å²) in [6.45, 7) is 0. The van der Waals surface area contributed by atoms with Crippen molar-refractivity contribution in [1.29, 1.82) is 0 Å². The minimum atomic E-state index is -0.528. The third-order valence-corrected chi connectivity index (χ3v) is 4.19. The van der Waals surface area contributed by atoms with Crippen LogP contribution in [0.3, 0.4) is 0 Å². The lowest BCUT2D eigenvalue weighted by molar-refractivity contribution is -0.380. The number of halogens is 2. The Morgan fingerprint density at radius 3 is 2.68 bits per heavy atom. The number of hydrogen-bond acceptors (Lipinski definition) is 4. The average Bonchev–Trinajstić information content (AvgIpc) is 2.82. The van der Waals surface area contributed by atoms with Gasteiger partial charge in [-0.3, -0.25) is 14.9 Å². The first-order valence-electron chi connectivity index (χ1n) is 4.98. The molecule has 19 heavy (non-hydrogen) atoms. The Morgan fingerprint density at radius 2 is 2.11 bits per heavy atom. The van der Waals surface area contributed by atoms with Crippen LogP contribution in [-0.2, 0) is 0 Å². The predicted molar refractivity (Wildman–Crippen MR) is 83.1 cm³/mol. The largest absolute Gasteiger partial charge is 0.324 e. The minimum absolute atomic E-state index is 0.0705. The molecule has 0 bridgehead atoms. The number of amides is 1. The van der Waals surface area contributed by atoms with E-state index in [0.29, 0.717) is 10.7 Å². The number of nitro groups is 1. The first kappa shape index (κ1) is 14.2. The van der Waals surface area contributed by atoms with E-state index in [1.807, 2.05) is 0 Å². The number of carbonyl (C=O) groups is 1. The number of hydrogen-bond donors (Lipinski definition) is 1. The number of benzene rings is 1. The summed E-state index contributed by atoms with van der Waals surface area (Å²) >= 11 is 8.92. The van der Waals surface area contributed by atoms with Crippen LogP contribution in [-0.4, -0.2) is 10.8 Å². The van der Waals surface area contributed by atoms with Gasteiger partial charge >= 0.3 is 5.00 Å². The van der Waals surface area contributed by atoms with Gasteiger partial charge < -0.3 is 5.32 Å². The van der Waals surface area contributed by atoms with Crippen LogP contribution < -0.4 is 5.32 Å². The smallest absolute Gasteiger partial charge is 0.320 e. The first-order chi connectivity index (χ1) is 8.97. The Balaban J connectivity index is 2.18. The topological polar surface area (TPSA) is 72.2 Å². The Kier molecular flexibility index (Phi) is 4.38. The van der Waals surface area contributed by atoms with Crippen molar-refractivity contribution in [3.63, 3.8) is 0 Å². The summed E-state index contributed by atoms with van der Waals surface area (Å²) in [6.07, 6.45) is 0. The van der Waals surface area contributed by atoms with Gasteiger partial charge in [0.05, 0.1) is 20.5 Å². The van der Waals surface area contributed by atoms with E-state index in [2.05, 4.69) is 27.9 Å². The molecule has 2 aromatic rings. The molecule has 0 aliphatic heterocycles. The standard InChI is InChI=1S/C11H6ClIN2O3S/c12-7-5-6(13)1-2-8(7)14-11(16)9-3-4-10(19-9)15(17)18/h1-5H,(H,14,16). The van der Waals surface area contributed by atoms with Gasteiger partial charge in [-0.05, 0) is 46.9 Å². The van der Waals surface area contributed by atoms with Gasteiger partial charge in [-0.2, -0.15) is 0 Å². The van der Waals surface area contributed by atoms with Crippen molar-refractivity contribution in [2.75, 3.05) is 5.32 Å². The van der Waals surface area contributed by atoms with Crippen LogP contribution in [0.25, 0.3) is 0 Å². The number of nitrogens with zero attached hydrogens (tertiary/aromatic N) is 1. The zero-order valence-corrected chi connectivity index (χ0v) is 13.0. The molecule has 0 spiro atoms. The van der Waals surface area contributed by atoms with Crippen LogP contribution in [0.2, 0.25) is 5.02 Å². The zero-order valence-electron chi connectivity index (χ0n) is 9.22. The molecule has 1 heterocycles. The summed E-state index contributed by atoms with van der Waals surface area (Å²) in [5.74, 6) is -0.416. The molecule has 5 nitrogen and oxygen atoms in total. The van der Waals surface area contributed by atoms with Gasteiger partial charge in [0.25, 0.3) is 5.91 Å². The third-order valence-electron chi connectivity index (χ3n) is 2.17. The van der Waals surface area contributed by atoms with E-state index in [4.69, 9.17) is 11.6 Å². The highest BCUT2D eigenvalue weighted by Crippen LogP contribution is 2.27. The number of rotatable bonds is 3. The maximum atomic E-state index is 11.9. The second kappa shape index (κ2) is 5.85. The number of anilines is 1. The second-order valence-electron chi connectivity index (χ2n) is 3.47. The van der Waals surface area contributed by atoms with Crippen LogP contribution in [0, 0.1) is 13.7 Å². The number of carbonyl (C=O) groups excluding carboxylic acids is 1. The Hall–Kier alpha value is -1.19. The maximum Gasteiger partial charge on any atom is 0.324 e. The van der Waals surface area contributed by atoms with Crippen molar-refractivity contribution in [3.05, 3.63) is 53.9 Å². The fraction of sp³-hybridized carbons (Fsp3) is 0. The molecule has 98 valence electrons. The summed E-state index contributed by atoms with van der Waals surface area (Å²) in [6, 6.07) is 7.92. The fourth-order valence-corrected chi connectivity index (χ4v) is 2.94. The van der Waals surface area contributed by atoms with E-state index in [1.165, 1.54) is 12.1 Å². The van der Waals surface area contributed by atoms with Gasteiger partial charge in [0, 0.05) is 9.64 Å². The zero-order chi connectivity index (χ0) is 14.0. The van der Waals surface area contributed by atoms with E-state index in [0.717, 1.165) is 14.9 Å². The summed E-state index contributed by atoms with van der Waals surface area (Å²) in [4.78, 5) is 22.2. The summed E-state index contributed by atoms with van der Waals surface area (Å²) in [5.41, 5.74) is 0.475. The molecule has 1 N–H and O–H groups in total. The number of nitrogens with one attached hydrogen (secondary N) is 1. The molecule has 1 amide bonds. The summed E-state index contributed by atoms with van der Waals surface area (Å²) in [5, 5.41) is 13.5. The van der Waals surface area contributed by atoms with E-state index in [-0.39, 0.29) is 9.88 Å². The van der Waals surface area contributed by atoms with Crippen molar-refractivity contribution in [1.82, 2.24) is 0 Å². The molecule has 0 fully saturated rings. The van der Waals surface area contributed by atoms with Crippen LogP contribution in [0.5, 0.6) is 0 Å². The summed E-state index contributed by atoms with van der Waals surface area (Å²) in [7, 11) is 0. The fourth-order valence-electron chi connectivity index (χ4n) is 1.32. The quantitative estimate of drug-likeness (QED) is 0.471. The SMILES string of the molecule is O=C(Nc1ccc(I)cc1Cl)c1ccc([N+](=O)[O-])s1. The molecule has 0 atom stereocenters. The Bertz CT molecular complexity index is 659. The highest BCUT2D eigenvalue weighted by atomic mass is 127. The monoisotopic (exact) mass is 408 g/mol. The van der Waals surface area contributed by atoms with E-state index >= 15 is 0 Å². The second-order valence-corrected chi connectivity index (χ2v) is 6.19. The molecule has 0 aliphatic carbocycles. The van der Waals surface area contributed by atoms with Crippen molar-refractivity contribution < 1.29 is 9.72 Å². The highest BCUT2D eigenvalue weighted by Gasteiger charge is 2.16. The Morgan fingerprint density at radius 1 is 1.37 bits per heavy atom. The van der Waals surface area contributed by atoms with Crippen molar-refractivity contribution in [3.8, 4) is 0 Å². The summed E-state index contributed by atoms with van der Waals surface area (Å²) < 4.78 is 0.951. The molecule has 1 aromatic heterocycles. The van der Waals surface area contributed by atoms with Crippen molar-refractivity contribution >= 4 is 62.1 Å². The molecule has 0 unspecified atom stereocenters.